The predicted molar refractivity (Wildman–Crippen MR) is 76.6 cm³/mol. The van der Waals surface area contributed by atoms with Crippen molar-refractivity contribution in [3.05, 3.63) is 34.1 Å². The molecule has 0 saturated heterocycles. The molecule has 6 heteroatoms. The summed E-state index contributed by atoms with van der Waals surface area (Å²) in [5.41, 5.74) is 0.982. The van der Waals surface area contributed by atoms with Crippen LogP contribution in [0.25, 0.3) is 0 Å². The molecular weight excluding hydrogens is 322 g/mol. The van der Waals surface area contributed by atoms with Crippen molar-refractivity contribution >= 4 is 34.2 Å². The molecule has 0 aliphatic heterocycles. The molecule has 1 aromatic rings. The zero-order valence-electron chi connectivity index (χ0n) is 10.3. The number of amides is 1. The predicted octanol–water partition coefficient (Wildman–Crippen LogP) is 2.28. The first-order chi connectivity index (χ1) is 8.02. The van der Waals surface area contributed by atoms with Gasteiger partial charge in [0.25, 0.3) is 0 Å². The fourth-order valence-corrected chi connectivity index (χ4v) is 1.98. The van der Waals surface area contributed by atoms with Gasteiger partial charge >= 0.3 is 0 Å². The number of hydrogen-bond donors (Lipinski definition) is 2. The molecule has 0 fully saturated rings. The van der Waals surface area contributed by atoms with Gasteiger partial charge in [-0.25, -0.2) is 4.39 Å². The largest absolute Gasteiger partial charge is 0.352 e. The highest BCUT2D eigenvalue weighted by atomic mass is 79.9. The number of likely N-dealkylation sites (N-methyl/N-ethyl adjacent to an activating group) is 1. The lowest BCUT2D eigenvalue weighted by atomic mass is 10.1. The molecule has 0 radical (unpaired) electrons. The highest BCUT2D eigenvalue weighted by molar-refractivity contribution is 9.10. The maximum Gasteiger partial charge on any atom is 0.234 e. The van der Waals surface area contributed by atoms with E-state index >= 15 is 0 Å². The smallest absolute Gasteiger partial charge is 0.234 e. The van der Waals surface area contributed by atoms with Gasteiger partial charge in [0.1, 0.15) is 5.82 Å². The molecular formula is C12H17BrClFN2O. The number of rotatable bonds is 5. The molecule has 2 N–H and O–H groups in total. The summed E-state index contributed by atoms with van der Waals surface area (Å²) in [5.74, 6) is -0.318. The van der Waals surface area contributed by atoms with Crippen molar-refractivity contribution in [2.45, 2.75) is 19.4 Å². The first kappa shape index (κ1) is 17.4. The van der Waals surface area contributed by atoms with Gasteiger partial charge in [0.2, 0.25) is 5.91 Å². The number of carbonyl (C=O) groups is 1. The van der Waals surface area contributed by atoms with E-state index in [-0.39, 0.29) is 30.2 Å². The van der Waals surface area contributed by atoms with Crippen LogP contribution in [0.1, 0.15) is 12.5 Å². The van der Waals surface area contributed by atoms with E-state index in [2.05, 4.69) is 26.6 Å². The van der Waals surface area contributed by atoms with E-state index in [1.165, 1.54) is 6.07 Å². The third-order valence-corrected chi connectivity index (χ3v) is 2.88. The Morgan fingerprint density at radius 1 is 1.50 bits per heavy atom. The van der Waals surface area contributed by atoms with E-state index in [9.17, 15) is 9.18 Å². The van der Waals surface area contributed by atoms with E-state index in [0.717, 1.165) is 5.56 Å². The third kappa shape index (κ3) is 5.80. The molecule has 1 aromatic carbocycles. The third-order valence-electron chi connectivity index (χ3n) is 2.27. The Balaban J connectivity index is 0.00000289. The summed E-state index contributed by atoms with van der Waals surface area (Å²) < 4.78 is 13.5. The molecule has 0 bridgehead atoms. The molecule has 18 heavy (non-hydrogen) atoms. The second-order valence-corrected chi connectivity index (χ2v) is 4.81. The van der Waals surface area contributed by atoms with Gasteiger partial charge in [-0.05, 0) is 54.0 Å². The topological polar surface area (TPSA) is 41.1 Å². The lowest BCUT2D eigenvalue weighted by Gasteiger charge is -2.14. The van der Waals surface area contributed by atoms with Crippen LogP contribution < -0.4 is 10.6 Å². The van der Waals surface area contributed by atoms with Gasteiger partial charge in [-0.3, -0.25) is 4.79 Å². The second kappa shape index (κ2) is 8.45. The maximum atomic E-state index is 13.0. The Bertz CT molecular complexity index is 404. The summed E-state index contributed by atoms with van der Waals surface area (Å²) in [4.78, 5) is 11.3. The van der Waals surface area contributed by atoms with Crippen molar-refractivity contribution in [2.75, 3.05) is 13.6 Å². The number of carbonyl (C=O) groups excluding carboxylic acids is 1. The minimum absolute atomic E-state index is 0. The zero-order chi connectivity index (χ0) is 12.8. The minimum atomic E-state index is -0.277. The van der Waals surface area contributed by atoms with E-state index < -0.39 is 0 Å². The van der Waals surface area contributed by atoms with Gasteiger partial charge in [0, 0.05) is 6.04 Å². The molecule has 0 aliphatic rings. The minimum Gasteiger partial charge on any atom is -0.352 e. The van der Waals surface area contributed by atoms with E-state index in [1.54, 1.807) is 19.2 Å². The normalized spacial score (nSPS) is 11.6. The summed E-state index contributed by atoms with van der Waals surface area (Å²) in [6, 6.07) is 4.89. The highest BCUT2D eigenvalue weighted by Crippen LogP contribution is 2.17. The van der Waals surface area contributed by atoms with Crippen molar-refractivity contribution in [1.29, 1.82) is 0 Å². The summed E-state index contributed by atoms with van der Waals surface area (Å²) >= 11 is 3.14. The van der Waals surface area contributed by atoms with E-state index in [4.69, 9.17) is 0 Å². The van der Waals surface area contributed by atoms with Gasteiger partial charge in [0.05, 0.1) is 11.0 Å². The van der Waals surface area contributed by atoms with Crippen molar-refractivity contribution < 1.29 is 9.18 Å². The molecule has 0 saturated carbocycles. The van der Waals surface area contributed by atoms with Crippen LogP contribution in [0.5, 0.6) is 0 Å². The van der Waals surface area contributed by atoms with Crippen LogP contribution in [0, 0.1) is 5.82 Å². The molecule has 1 unspecified atom stereocenters. The summed E-state index contributed by atoms with van der Waals surface area (Å²) in [5, 5.41) is 5.64. The SMILES string of the molecule is CNCC(=O)NC(C)Cc1ccc(F)c(Br)c1.Cl. The first-order valence-corrected chi connectivity index (χ1v) is 6.20. The van der Waals surface area contributed by atoms with E-state index in [1.807, 2.05) is 6.92 Å². The quantitative estimate of drug-likeness (QED) is 0.864. The standard InChI is InChI=1S/C12H16BrFN2O.ClH/c1-8(16-12(17)7-15-2)5-9-3-4-11(14)10(13)6-9;/h3-4,6,8,15H,5,7H2,1-2H3,(H,16,17);1H. The van der Waals surface area contributed by atoms with Crippen LogP contribution in [-0.4, -0.2) is 25.5 Å². The van der Waals surface area contributed by atoms with Crippen LogP contribution in [0.2, 0.25) is 0 Å². The fraction of sp³-hybridized carbons (Fsp3) is 0.417. The Hall–Kier alpha value is -0.650. The summed E-state index contributed by atoms with van der Waals surface area (Å²) in [7, 11) is 1.72. The van der Waals surface area contributed by atoms with Gasteiger partial charge < -0.3 is 10.6 Å². The number of nitrogens with one attached hydrogen (secondary N) is 2. The monoisotopic (exact) mass is 338 g/mol. The molecule has 0 aromatic heterocycles. The van der Waals surface area contributed by atoms with Crippen molar-refractivity contribution in [3.63, 3.8) is 0 Å². The average molecular weight is 340 g/mol. The average Bonchev–Trinajstić information content (AvgIpc) is 2.23. The molecule has 1 amide bonds. The van der Waals surface area contributed by atoms with Crippen LogP contribution in [0.15, 0.2) is 22.7 Å². The molecule has 1 atom stereocenters. The molecule has 0 spiro atoms. The van der Waals surface area contributed by atoms with Crippen molar-refractivity contribution in [3.8, 4) is 0 Å². The van der Waals surface area contributed by atoms with Crippen LogP contribution in [-0.2, 0) is 11.2 Å². The van der Waals surface area contributed by atoms with Crippen molar-refractivity contribution in [2.24, 2.45) is 0 Å². The lowest BCUT2D eigenvalue weighted by molar-refractivity contribution is -0.120. The molecule has 0 aliphatic carbocycles. The van der Waals surface area contributed by atoms with Crippen LogP contribution in [0.3, 0.4) is 0 Å². The Kier molecular flexibility index (Phi) is 8.15. The Labute approximate surface area is 121 Å². The highest BCUT2D eigenvalue weighted by Gasteiger charge is 2.08. The molecule has 0 heterocycles. The molecule has 3 nitrogen and oxygen atoms in total. The lowest BCUT2D eigenvalue weighted by Crippen LogP contribution is -2.39. The van der Waals surface area contributed by atoms with E-state index in [0.29, 0.717) is 17.4 Å². The van der Waals surface area contributed by atoms with Gasteiger partial charge in [-0.2, -0.15) is 0 Å². The van der Waals surface area contributed by atoms with Gasteiger partial charge in [-0.1, -0.05) is 6.07 Å². The van der Waals surface area contributed by atoms with Crippen LogP contribution in [0.4, 0.5) is 4.39 Å². The zero-order valence-corrected chi connectivity index (χ0v) is 12.7. The van der Waals surface area contributed by atoms with Gasteiger partial charge in [-0.15, -0.1) is 12.4 Å². The summed E-state index contributed by atoms with van der Waals surface area (Å²) in [6.45, 7) is 2.22. The fourth-order valence-electron chi connectivity index (χ4n) is 1.56. The van der Waals surface area contributed by atoms with Crippen molar-refractivity contribution in [1.82, 2.24) is 10.6 Å². The number of benzene rings is 1. The first-order valence-electron chi connectivity index (χ1n) is 5.41. The maximum absolute atomic E-state index is 13.0. The Morgan fingerprint density at radius 2 is 2.17 bits per heavy atom. The number of halogens is 3. The molecule has 1 rings (SSSR count). The second-order valence-electron chi connectivity index (χ2n) is 3.95. The Morgan fingerprint density at radius 3 is 2.72 bits per heavy atom. The number of hydrogen-bond acceptors (Lipinski definition) is 2. The molecule has 102 valence electrons. The van der Waals surface area contributed by atoms with Crippen LogP contribution >= 0.6 is 28.3 Å². The van der Waals surface area contributed by atoms with Gasteiger partial charge in [0.15, 0.2) is 0 Å². The summed E-state index contributed by atoms with van der Waals surface area (Å²) in [6.07, 6.45) is 0.675.